The van der Waals surface area contributed by atoms with Crippen LogP contribution in [0.1, 0.15) is 32.1 Å². The molecule has 0 spiro atoms. The molecule has 1 heterocycles. The molecule has 0 bridgehead atoms. The summed E-state index contributed by atoms with van der Waals surface area (Å²) in [6.07, 6.45) is 1.63. The van der Waals surface area contributed by atoms with Gasteiger partial charge in [-0.3, -0.25) is 0 Å². The van der Waals surface area contributed by atoms with Crippen LogP contribution < -0.4 is 10.1 Å². The van der Waals surface area contributed by atoms with Crippen molar-refractivity contribution in [3.05, 3.63) is 52.7 Å². The highest BCUT2D eigenvalue weighted by Gasteiger charge is 2.13. The molecular formula is C16H19ClFNO2. The van der Waals surface area contributed by atoms with Crippen LogP contribution >= 0.6 is 11.6 Å². The summed E-state index contributed by atoms with van der Waals surface area (Å²) < 4.78 is 24.0. The number of rotatable bonds is 5. The van der Waals surface area contributed by atoms with Gasteiger partial charge >= 0.3 is 0 Å². The Kier molecular flexibility index (Phi) is 4.91. The lowest BCUT2D eigenvalue weighted by Crippen LogP contribution is -2.35. The topological polar surface area (TPSA) is 34.4 Å². The summed E-state index contributed by atoms with van der Waals surface area (Å²) in [6.45, 7) is 7.24. The predicted octanol–water partition coefficient (Wildman–Crippen LogP) is 4.54. The number of halogens is 2. The second-order valence-electron chi connectivity index (χ2n) is 5.84. The van der Waals surface area contributed by atoms with E-state index in [9.17, 15) is 4.39 Å². The highest BCUT2D eigenvalue weighted by molar-refractivity contribution is 6.32. The zero-order valence-electron chi connectivity index (χ0n) is 12.4. The Labute approximate surface area is 129 Å². The van der Waals surface area contributed by atoms with Crippen LogP contribution in [-0.4, -0.2) is 5.54 Å². The number of benzene rings is 1. The van der Waals surface area contributed by atoms with Gasteiger partial charge < -0.3 is 14.5 Å². The van der Waals surface area contributed by atoms with Crippen molar-refractivity contribution in [3.63, 3.8) is 0 Å². The maximum absolute atomic E-state index is 13.0. The van der Waals surface area contributed by atoms with Crippen molar-refractivity contribution in [2.75, 3.05) is 0 Å². The first kappa shape index (κ1) is 15.9. The van der Waals surface area contributed by atoms with Gasteiger partial charge in [-0.05, 0) is 45.0 Å². The molecule has 0 saturated heterocycles. The van der Waals surface area contributed by atoms with Gasteiger partial charge in [-0.25, -0.2) is 4.39 Å². The summed E-state index contributed by atoms with van der Waals surface area (Å²) in [4.78, 5) is 0. The third-order valence-corrected chi connectivity index (χ3v) is 3.19. The van der Waals surface area contributed by atoms with Gasteiger partial charge in [0.05, 0.1) is 11.3 Å². The lowest BCUT2D eigenvalue weighted by molar-refractivity contribution is 0.267. The SMILES string of the molecule is CC(C)(C)NCc1ccoc1COc1ccc(F)cc1Cl. The summed E-state index contributed by atoms with van der Waals surface area (Å²) in [5.41, 5.74) is 1.05. The molecule has 0 aliphatic rings. The Hall–Kier alpha value is -1.52. The van der Waals surface area contributed by atoms with Crippen LogP contribution in [0.15, 0.2) is 34.9 Å². The summed E-state index contributed by atoms with van der Waals surface area (Å²) in [6, 6.07) is 5.95. The van der Waals surface area contributed by atoms with E-state index < -0.39 is 0 Å². The molecule has 2 aromatic rings. The zero-order chi connectivity index (χ0) is 15.5. The highest BCUT2D eigenvalue weighted by Crippen LogP contribution is 2.26. The average molecular weight is 312 g/mol. The van der Waals surface area contributed by atoms with E-state index in [0.717, 1.165) is 11.3 Å². The van der Waals surface area contributed by atoms with E-state index in [1.807, 2.05) is 6.07 Å². The molecule has 0 unspecified atom stereocenters. The molecular weight excluding hydrogens is 293 g/mol. The van der Waals surface area contributed by atoms with E-state index in [1.54, 1.807) is 6.26 Å². The normalized spacial score (nSPS) is 11.7. The number of nitrogens with one attached hydrogen (secondary N) is 1. The van der Waals surface area contributed by atoms with Crippen molar-refractivity contribution in [2.24, 2.45) is 0 Å². The Morgan fingerprint density at radius 1 is 1.29 bits per heavy atom. The van der Waals surface area contributed by atoms with Gasteiger partial charge in [-0.15, -0.1) is 0 Å². The molecule has 0 saturated carbocycles. The molecule has 1 N–H and O–H groups in total. The smallest absolute Gasteiger partial charge is 0.146 e. The summed E-state index contributed by atoms with van der Waals surface area (Å²) in [7, 11) is 0. The summed E-state index contributed by atoms with van der Waals surface area (Å²) in [5.74, 6) is 0.775. The molecule has 21 heavy (non-hydrogen) atoms. The monoisotopic (exact) mass is 311 g/mol. The number of ether oxygens (including phenoxy) is 1. The number of hydrogen-bond donors (Lipinski definition) is 1. The minimum absolute atomic E-state index is 0.0235. The van der Waals surface area contributed by atoms with Gasteiger partial charge in [0.25, 0.3) is 0 Å². The second-order valence-corrected chi connectivity index (χ2v) is 6.24. The molecule has 2 rings (SSSR count). The Balaban J connectivity index is 1.99. The van der Waals surface area contributed by atoms with Crippen molar-refractivity contribution in [3.8, 4) is 5.75 Å². The van der Waals surface area contributed by atoms with Gasteiger partial charge in [0.15, 0.2) is 0 Å². The van der Waals surface area contributed by atoms with Gasteiger partial charge in [-0.1, -0.05) is 11.6 Å². The van der Waals surface area contributed by atoms with E-state index in [1.165, 1.54) is 18.2 Å². The van der Waals surface area contributed by atoms with Crippen LogP contribution in [0.5, 0.6) is 5.75 Å². The van der Waals surface area contributed by atoms with Gasteiger partial charge in [-0.2, -0.15) is 0 Å². The standard InChI is InChI=1S/C16H19ClFNO2/c1-16(2,3)19-9-11-6-7-20-15(11)10-21-14-5-4-12(18)8-13(14)17/h4-8,19H,9-10H2,1-3H3. The van der Waals surface area contributed by atoms with Crippen LogP contribution in [0, 0.1) is 5.82 Å². The molecule has 5 heteroatoms. The molecule has 0 aliphatic carbocycles. The molecule has 114 valence electrons. The Bertz CT molecular complexity index is 605. The van der Waals surface area contributed by atoms with Crippen molar-refractivity contribution in [2.45, 2.75) is 39.5 Å². The number of hydrogen-bond acceptors (Lipinski definition) is 3. The number of furan rings is 1. The van der Waals surface area contributed by atoms with Gasteiger partial charge in [0, 0.05) is 17.6 Å². The van der Waals surface area contributed by atoms with Crippen molar-refractivity contribution in [1.82, 2.24) is 5.32 Å². The molecule has 0 fully saturated rings. The average Bonchev–Trinajstić information content (AvgIpc) is 2.82. The largest absolute Gasteiger partial charge is 0.484 e. The second kappa shape index (κ2) is 6.50. The summed E-state index contributed by atoms with van der Waals surface area (Å²) >= 11 is 5.92. The molecule has 0 aliphatic heterocycles. The predicted molar refractivity (Wildman–Crippen MR) is 81.0 cm³/mol. The first-order valence-corrected chi connectivity index (χ1v) is 7.11. The first-order valence-electron chi connectivity index (χ1n) is 6.73. The fourth-order valence-electron chi connectivity index (χ4n) is 1.75. The van der Waals surface area contributed by atoms with E-state index >= 15 is 0 Å². The lowest BCUT2D eigenvalue weighted by atomic mass is 10.1. The minimum Gasteiger partial charge on any atom is -0.484 e. The third kappa shape index (κ3) is 4.76. The maximum atomic E-state index is 13.0. The van der Waals surface area contributed by atoms with Crippen LogP contribution in [0.2, 0.25) is 5.02 Å². The van der Waals surface area contributed by atoms with Crippen molar-refractivity contribution < 1.29 is 13.5 Å². The summed E-state index contributed by atoms with van der Waals surface area (Å²) in [5, 5.41) is 3.64. The first-order chi connectivity index (χ1) is 9.85. The molecule has 0 amide bonds. The molecule has 1 aromatic carbocycles. The lowest BCUT2D eigenvalue weighted by Gasteiger charge is -2.20. The van der Waals surface area contributed by atoms with E-state index in [0.29, 0.717) is 12.3 Å². The molecule has 0 atom stereocenters. The Morgan fingerprint density at radius 3 is 2.71 bits per heavy atom. The zero-order valence-corrected chi connectivity index (χ0v) is 13.1. The molecule has 1 aromatic heterocycles. The highest BCUT2D eigenvalue weighted by atomic mass is 35.5. The van der Waals surface area contributed by atoms with E-state index in [4.69, 9.17) is 20.8 Å². The maximum Gasteiger partial charge on any atom is 0.146 e. The molecule has 3 nitrogen and oxygen atoms in total. The van der Waals surface area contributed by atoms with Crippen LogP contribution in [-0.2, 0) is 13.2 Å². The third-order valence-electron chi connectivity index (χ3n) is 2.90. The fraction of sp³-hybridized carbons (Fsp3) is 0.375. The van der Waals surface area contributed by atoms with Crippen molar-refractivity contribution >= 4 is 11.6 Å². The Morgan fingerprint density at radius 2 is 2.05 bits per heavy atom. The van der Waals surface area contributed by atoms with Crippen LogP contribution in [0.3, 0.4) is 0 Å². The van der Waals surface area contributed by atoms with Gasteiger partial charge in [0.1, 0.15) is 23.9 Å². The van der Waals surface area contributed by atoms with Gasteiger partial charge in [0.2, 0.25) is 0 Å². The van der Waals surface area contributed by atoms with E-state index in [2.05, 4.69) is 26.1 Å². The fourth-order valence-corrected chi connectivity index (χ4v) is 1.97. The van der Waals surface area contributed by atoms with E-state index in [-0.39, 0.29) is 23.0 Å². The van der Waals surface area contributed by atoms with Crippen LogP contribution in [0.25, 0.3) is 0 Å². The minimum atomic E-state index is -0.389. The molecule has 0 radical (unpaired) electrons. The quantitative estimate of drug-likeness (QED) is 0.880. The van der Waals surface area contributed by atoms with Crippen LogP contribution in [0.4, 0.5) is 4.39 Å². The van der Waals surface area contributed by atoms with Crippen molar-refractivity contribution in [1.29, 1.82) is 0 Å².